The van der Waals surface area contributed by atoms with Crippen LogP contribution in [0.1, 0.15) is 29.8 Å². The molecule has 1 unspecified atom stereocenters. The molecule has 1 N–H and O–H groups in total. The zero-order chi connectivity index (χ0) is 15.2. The standard InChI is InChI=1S/C17H22N2O2/c1-5-18-17(16-12(2)7-6-8-19-16)13-9-14(20-3)11-15(10-13)21-4/h6-11,17-18H,5H2,1-4H3. The van der Waals surface area contributed by atoms with Gasteiger partial charge in [0.05, 0.1) is 26.0 Å². The van der Waals surface area contributed by atoms with Crippen molar-refractivity contribution in [3.63, 3.8) is 0 Å². The Morgan fingerprint density at radius 1 is 1.14 bits per heavy atom. The zero-order valence-corrected chi connectivity index (χ0v) is 13.0. The normalized spacial score (nSPS) is 12.0. The van der Waals surface area contributed by atoms with E-state index >= 15 is 0 Å². The summed E-state index contributed by atoms with van der Waals surface area (Å²) in [5.74, 6) is 1.56. The van der Waals surface area contributed by atoms with E-state index in [9.17, 15) is 0 Å². The number of rotatable bonds is 6. The van der Waals surface area contributed by atoms with Crippen molar-refractivity contribution in [2.24, 2.45) is 0 Å². The lowest BCUT2D eigenvalue weighted by Crippen LogP contribution is -2.23. The smallest absolute Gasteiger partial charge is 0.122 e. The molecule has 0 saturated heterocycles. The largest absolute Gasteiger partial charge is 0.497 e. The van der Waals surface area contributed by atoms with Gasteiger partial charge in [-0.2, -0.15) is 0 Å². The molecule has 0 amide bonds. The van der Waals surface area contributed by atoms with E-state index in [0.29, 0.717) is 0 Å². The van der Waals surface area contributed by atoms with Crippen LogP contribution in [0.4, 0.5) is 0 Å². The third-order valence-electron chi connectivity index (χ3n) is 3.44. The molecule has 0 spiro atoms. The highest BCUT2D eigenvalue weighted by atomic mass is 16.5. The summed E-state index contributed by atoms with van der Waals surface area (Å²) in [5.41, 5.74) is 3.26. The van der Waals surface area contributed by atoms with Crippen LogP contribution in [-0.2, 0) is 0 Å². The highest BCUT2D eigenvalue weighted by Crippen LogP contribution is 2.30. The number of pyridine rings is 1. The summed E-state index contributed by atoms with van der Waals surface area (Å²) in [7, 11) is 3.32. The maximum atomic E-state index is 5.36. The van der Waals surface area contributed by atoms with Crippen LogP contribution in [-0.4, -0.2) is 25.7 Å². The van der Waals surface area contributed by atoms with Crippen LogP contribution in [0.25, 0.3) is 0 Å². The number of hydrogen-bond acceptors (Lipinski definition) is 4. The van der Waals surface area contributed by atoms with E-state index in [4.69, 9.17) is 9.47 Å². The second kappa shape index (κ2) is 7.09. The number of aryl methyl sites for hydroxylation is 1. The van der Waals surface area contributed by atoms with Gasteiger partial charge in [-0.25, -0.2) is 0 Å². The van der Waals surface area contributed by atoms with Gasteiger partial charge >= 0.3 is 0 Å². The van der Waals surface area contributed by atoms with Crippen molar-refractivity contribution in [2.45, 2.75) is 19.9 Å². The van der Waals surface area contributed by atoms with Crippen molar-refractivity contribution in [2.75, 3.05) is 20.8 Å². The molecule has 0 radical (unpaired) electrons. The number of aromatic nitrogens is 1. The molecule has 21 heavy (non-hydrogen) atoms. The fraction of sp³-hybridized carbons (Fsp3) is 0.353. The lowest BCUT2D eigenvalue weighted by atomic mass is 9.99. The van der Waals surface area contributed by atoms with E-state index < -0.39 is 0 Å². The van der Waals surface area contributed by atoms with Crippen molar-refractivity contribution in [3.8, 4) is 11.5 Å². The molecule has 2 aromatic rings. The molecule has 0 saturated carbocycles. The molecule has 0 aliphatic carbocycles. The summed E-state index contributed by atoms with van der Waals surface area (Å²) >= 11 is 0. The van der Waals surface area contributed by atoms with Crippen LogP contribution >= 0.6 is 0 Å². The highest BCUT2D eigenvalue weighted by Gasteiger charge is 2.18. The van der Waals surface area contributed by atoms with Gasteiger partial charge in [0, 0.05) is 12.3 Å². The van der Waals surface area contributed by atoms with E-state index in [1.54, 1.807) is 14.2 Å². The number of nitrogens with zero attached hydrogens (tertiary/aromatic N) is 1. The monoisotopic (exact) mass is 286 g/mol. The predicted octanol–water partition coefficient (Wildman–Crippen LogP) is 3.11. The summed E-state index contributed by atoms with van der Waals surface area (Å²) in [5, 5.41) is 3.49. The van der Waals surface area contributed by atoms with E-state index in [0.717, 1.165) is 34.9 Å². The Hall–Kier alpha value is -2.07. The quantitative estimate of drug-likeness (QED) is 0.886. The molecule has 2 rings (SSSR count). The Kier molecular flexibility index (Phi) is 5.17. The van der Waals surface area contributed by atoms with Crippen molar-refractivity contribution < 1.29 is 9.47 Å². The molecular weight excluding hydrogens is 264 g/mol. The van der Waals surface area contributed by atoms with Crippen molar-refractivity contribution in [3.05, 3.63) is 53.3 Å². The maximum Gasteiger partial charge on any atom is 0.122 e. The van der Waals surface area contributed by atoms with Crippen molar-refractivity contribution in [1.82, 2.24) is 10.3 Å². The topological polar surface area (TPSA) is 43.4 Å². The first-order chi connectivity index (χ1) is 10.2. The van der Waals surface area contributed by atoms with Gasteiger partial charge in [-0.15, -0.1) is 0 Å². The first kappa shape index (κ1) is 15.3. The molecule has 1 aromatic carbocycles. The molecule has 4 heteroatoms. The Balaban J connectivity index is 2.50. The molecule has 4 nitrogen and oxygen atoms in total. The van der Waals surface area contributed by atoms with Crippen molar-refractivity contribution in [1.29, 1.82) is 0 Å². The number of methoxy groups -OCH3 is 2. The fourth-order valence-corrected chi connectivity index (χ4v) is 2.37. The van der Waals surface area contributed by atoms with E-state index in [1.165, 1.54) is 0 Å². The van der Waals surface area contributed by atoms with Gasteiger partial charge in [0.25, 0.3) is 0 Å². The molecule has 112 valence electrons. The minimum atomic E-state index is 0.0141. The van der Waals surface area contributed by atoms with Gasteiger partial charge in [0.2, 0.25) is 0 Å². The maximum absolute atomic E-state index is 5.36. The third kappa shape index (κ3) is 3.52. The first-order valence-corrected chi connectivity index (χ1v) is 7.07. The van der Waals surface area contributed by atoms with Gasteiger partial charge in [-0.05, 0) is 42.8 Å². The van der Waals surface area contributed by atoms with Gasteiger partial charge < -0.3 is 14.8 Å². The number of nitrogens with one attached hydrogen (secondary N) is 1. The number of benzene rings is 1. The van der Waals surface area contributed by atoms with Gasteiger partial charge in [0.1, 0.15) is 11.5 Å². The van der Waals surface area contributed by atoms with Crippen LogP contribution in [0, 0.1) is 6.92 Å². The third-order valence-corrected chi connectivity index (χ3v) is 3.44. The minimum absolute atomic E-state index is 0.0141. The molecule has 0 aliphatic rings. The van der Waals surface area contributed by atoms with E-state index in [1.807, 2.05) is 30.5 Å². The van der Waals surface area contributed by atoms with Crippen LogP contribution in [0.5, 0.6) is 11.5 Å². The van der Waals surface area contributed by atoms with Crippen LogP contribution in [0.2, 0.25) is 0 Å². The minimum Gasteiger partial charge on any atom is -0.497 e. The lowest BCUT2D eigenvalue weighted by molar-refractivity contribution is 0.392. The number of ether oxygens (including phenoxy) is 2. The summed E-state index contributed by atoms with van der Waals surface area (Å²) in [4.78, 5) is 4.54. The Labute approximate surface area is 126 Å². The average Bonchev–Trinajstić information content (AvgIpc) is 2.53. The van der Waals surface area contributed by atoms with Crippen LogP contribution in [0.15, 0.2) is 36.5 Å². The van der Waals surface area contributed by atoms with E-state index in [2.05, 4.69) is 30.2 Å². The predicted molar refractivity (Wildman–Crippen MR) is 84.0 cm³/mol. The molecule has 0 fully saturated rings. The second-order valence-electron chi connectivity index (χ2n) is 4.84. The molecule has 0 aliphatic heterocycles. The average molecular weight is 286 g/mol. The molecule has 1 heterocycles. The van der Waals surface area contributed by atoms with Gasteiger partial charge in [-0.1, -0.05) is 13.0 Å². The second-order valence-corrected chi connectivity index (χ2v) is 4.84. The fourth-order valence-electron chi connectivity index (χ4n) is 2.37. The van der Waals surface area contributed by atoms with Crippen LogP contribution in [0.3, 0.4) is 0 Å². The molecular formula is C17H22N2O2. The summed E-state index contributed by atoms with van der Waals surface area (Å²) in [6, 6.07) is 9.95. The Bertz CT molecular complexity index is 577. The molecule has 1 atom stereocenters. The Morgan fingerprint density at radius 2 is 1.81 bits per heavy atom. The summed E-state index contributed by atoms with van der Waals surface area (Å²) in [6.07, 6.45) is 1.82. The van der Waals surface area contributed by atoms with Gasteiger partial charge in [-0.3, -0.25) is 4.98 Å². The molecule has 0 bridgehead atoms. The summed E-state index contributed by atoms with van der Waals surface area (Å²) in [6.45, 7) is 5.01. The Morgan fingerprint density at radius 3 is 2.33 bits per heavy atom. The first-order valence-electron chi connectivity index (χ1n) is 7.07. The number of hydrogen-bond donors (Lipinski definition) is 1. The lowest BCUT2D eigenvalue weighted by Gasteiger charge is -2.21. The van der Waals surface area contributed by atoms with Gasteiger partial charge in [0.15, 0.2) is 0 Å². The van der Waals surface area contributed by atoms with E-state index in [-0.39, 0.29) is 6.04 Å². The highest BCUT2D eigenvalue weighted by molar-refractivity contribution is 5.43. The molecule has 1 aromatic heterocycles. The summed E-state index contributed by atoms with van der Waals surface area (Å²) < 4.78 is 10.7. The zero-order valence-electron chi connectivity index (χ0n) is 13.0. The SMILES string of the molecule is CCNC(c1cc(OC)cc(OC)c1)c1ncccc1C. The van der Waals surface area contributed by atoms with Crippen molar-refractivity contribution >= 4 is 0 Å². The van der Waals surface area contributed by atoms with Crippen LogP contribution < -0.4 is 14.8 Å².